The lowest BCUT2D eigenvalue weighted by Crippen LogP contribution is -2.05. The van der Waals surface area contributed by atoms with E-state index in [1.165, 1.54) is 4.88 Å². The van der Waals surface area contributed by atoms with E-state index in [9.17, 15) is 0 Å². The summed E-state index contributed by atoms with van der Waals surface area (Å²) in [4.78, 5) is 1.26. The molecule has 0 aliphatic carbocycles. The van der Waals surface area contributed by atoms with Gasteiger partial charge in [0.25, 0.3) is 0 Å². The SMILES string of the molecule is CC[C@@H](N)c1cc(Br)cs1.Cl. The first kappa shape index (κ1) is 11.4. The van der Waals surface area contributed by atoms with Crippen LogP contribution in [0, 0.1) is 0 Å². The van der Waals surface area contributed by atoms with Crippen molar-refractivity contribution in [2.45, 2.75) is 19.4 Å². The Bertz CT molecular complexity index is 214. The highest BCUT2D eigenvalue weighted by Gasteiger charge is 2.04. The van der Waals surface area contributed by atoms with Crippen LogP contribution in [0.2, 0.25) is 0 Å². The molecular weight excluding hydrogens is 246 g/mol. The summed E-state index contributed by atoms with van der Waals surface area (Å²) in [6.45, 7) is 2.10. The highest BCUT2D eigenvalue weighted by atomic mass is 79.9. The zero-order valence-electron chi connectivity index (χ0n) is 6.21. The van der Waals surface area contributed by atoms with Crippen molar-refractivity contribution in [3.05, 3.63) is 20.8 Å². The molecule has 0 bridgehead atoms. The quantitative estimate of drug-likeness (QED) is 0.863. The highest BCUT2D eigenvalue weighted by Crippen LogP contribution is 2.25. The Morgan fingerprint density at radius 1 is 1.73 bits per heavy atom. The van der Waals surface area contributed by atoms with Crippen molar-refractivity contribution >= 4 is 39.7 Å². The Balaban J connectivity index is 0.000001000. The molecule has 64 valence electrons. The van der Waals surface area contributed by atoms with Crippen LogP contribution in [0.3, 0.4) is 0 Å². The summed E-state index contributed by atoms with van der Waals surface area (Å²) in [6.07, 6.45) is 1.01. The summed E-state index contributed by atoms with van der Waals surface area (Å²) in [7, 11) is 0. The van der Waals surface area contributed by atoms with Crippen LogP contribution >= 0.6 is 39.7 Å². The Morgan fingerprint density at radius 3 is 2.73 bits per heavy atom. The average Bonchev–Trinajstić information content (AvgIpc) is 2.34. The van der Waals surface area contributed by atoms with Gasteiger partial charge in [0.1, 0.15) is 0 Å². The van der Waals surface area contributed by atoms with Crippen LogP contribution in [-0.2, 0) is 0 Å². The maximum atomic E-state index is 5.80. The van der Waals surface area contributed by atoms with Crippen molar-refractivity contribution in [1.29, 1.82) is 0 Å². The third-order valence-electron chi connectivity index (χ3n) is 1.39. The molecule has 2 N–H and O–H groups in total. The number of rotatable bonds is 2. The van der Waals surface area contributed by atoms with Gasteiger partial charge in [-0.2, -0.15) is 0 Å². The van der Waals surface area contributed by atoms with Gasteiger partial charge in [-0.25, -0.2) is 0 Å². The maximum absolute atomic E-state index is 5.80. The van der Waals surface area contributed by atoms with Gasteiger partial charge in [0.2, 0.25) is 0 Å². The lowest BCUT2D eigenvalue weighted by atomic mass is 10.2. The number of hydrogen-bond acceptors (Lipinski definition) is 2. The summed E-state index contributed by atoms with van der Waals surface area (Å²) in [6, 6.07) is 2.30. The Morgan fingerprint density at radius 2 is 2.36 bits per heavy atom. The van der Waals surface area contributed by atoms with Crippen molar-refractivity contribution in [2.75, 3.05) is 0 Å². The molecule has 0 fully saturated rings. The fraction of sp³-hybridized carbons (Fsp3) is 0.429. The smallest absolute Gasteiger partial charge is 0.0387 e. The topological polar surface area (TPSA) is 26.0 Å². The van der Waals surface area contributed by atoms with Gasteiger partial charge in [-0.05, 0) is 28.4 Å². The summed E-state index contributed by atoms with van der Waals surface area (Å²) in [5, 5.41) is 2.06. The number of halogens is 2. The van der Waals surface area contributed by atoms with Crippen LogP contribution < -0.4 is 5.73 Å². The lowest BCUT2D eigenvalue weighted by molar-refractivity contribution is 0.712. The second-order valence-corrected chi connectivity index (χ2v) is 4.04. The fourth-order valence-electron chi connectivity index (χ4n) is 0.724. The molecule has 0 radical (unpaired) electrons. The first-order valence-corrected chi connectivity index (χ1v) is 4.90. The van der Waals surface area contributed by atoms with Gasteiger partial charge in [0, 0.05) is 20.8 Å². The standard InChI is InChI=1S/C7H10BrNS.ClH/c1-2-6(9)7-3-5(8)4-10-7;/h3-4,6H,2,9H2,1H3;1H/t6-;/m1./s1. The molecule has 1 heterocycles. The molecule has 1 aromatic rings. The van der Waals surface area contributed by atoms with Crippen LogP contribution in [0.1, 0.15) is 24.3 Å². The second kappa shape index (κ2) is 5.14. The Kier molecular flexibility index (Phi) is 5.34. The van der Waals surface area contributed by atoms with E-state index in [-0.39, 0.29) is 18.4 Å². The van der Waals surface area contributed by atoms with Crippen molar-refractivity contribution in [3.8, 4) is 0 Å². The number of nitrogens with two attached hydrogens (primary N) is 1. The molecule has 4 heteroatoms. The van der Waals surface area contributed by atoms with Crippen molar-refractivity contribution in [2.24, 2.45) is 5.73 Å². The van der Waals surface area contributed by atoms with Gasteiger partial charge in [-0.3, -0.25) is 0 Å². The summed E-state index contributed by atoms with van der Waals surface area (Å²) in [5.74, 6) is 0. The van der Waals surface area contributed by atoms with Gasteiger partial charge < -0.3 is 5.73 Å². The van der Waals surface area contributed by atoms with E-state index in [1.54, 1.807) is 11.3 Å². The second-order valence-electron chi connectivity index (χ2n) is 2.18. The van der Waals surface area contributed by atoms with E-state index in [2.05, 4.69) is 34.3 Å². The molecule has 1 nitrogen and oxygen atoms in total. The molecular formula is C7H11BrClNS. The zero-order chi connectivity index (χ0) is 7.56. The minimum absolute atomic E-state index is 0. The van der Waals surface area contributed by atoms with Crippen molar-refractivity contribution in [3.63, 3.8) is 0 Å². The third kappa shape index (κ3) is 3.11. The molecule has 0 aliphatic rings. The summed E-state index contributed by atoms with van der Waals surface area (Å²) < 4.78 is 1.14. The highest BCUT2D eigenvalue weighted by molar-refractivity contribution is 9.10. The fourth-order valence-corrected chi connectivity index (χ4v) is 2.26. The molecule has 0 unspecified atom stereocenters. The van der Waals surface area contributed by atoms with Crippen molar-refractivity contribution < 1.29 is 0 Å². The average molecular weight is 257 g/mol. The molecule has 0 saturated heterocycles. The van der Waals surface area contributed by atoms with E-state index in [0.29, 0.717) is 0 Å². The summed E-state index contributed by atoms with van der Waals surface area (Å²) >= 11 is 5.09. The predicted molar refractivity (Wildman–Crippen MR) is 56.5 cm³/mol. The van der Waals surface area contributed by atoms with Gasteiger partial charge in [0.15, 0.2) is 0 Å². The largest absolute Gasteiger partial charge is 0.323 e. The van der Waals surface area contributed by atoms with Gasteiger partial charge in [-0.1, -0.05) is 6.92 Å². The molecule has 1 atom stereocenters. The van der Waals surface area contributed by atoms with E-state index < -0.39 is 0 Å². The molecule has 0 saturated carbocycles. The van der Waals surface area contributed by atoms with Crippen LogP contribution in [0.4, 0.5) is 0 Å². The predicted octanol–water partition coefficient (Wildman–Crippen LogP) is 3.34. The number of thiophene rings is 1. The van der Waals surface area contributed by atoms with Gasteiger partial charge in [0.05, 0.1) is 0 Å². The van der Waals surface area contributed by atoms with E-state index in [4.69, 9.17) is 5.73 Å². The minimum Gasteiger partial charge on any atom is -0.323 e. The number of hydrogen-bond donors (Lipinski definition) is 1. The normalized spacial score (nSPS) is 12.3. The van der Waals surface area contributed by atoms with E-state index in [1.807, 2.05) is 0 Å². The molecule has 0 amide bonds. The van der Waals surface area contributed by atoms with Gasteiger partial charge in [-0.15, -0.1) is 23.7 Å². The minimum atomic E-state index is 0. The third-order valence-corrected chi connectivity index (χ3v) is 3.22. The molecule has 0 aliphatic heterocycles. The maximum Gasteiger partial charge on any atom is 0.0387 e. The lowest BCUT2D eigenvalue weighted by Gasteiger charge is -2.02. The van der Waals surface area contributed by atoms with Crippen LogP contribution in [0.5, 0.6) is 0 Å². The molecule has 1 aromatic heterocycles. The Labute approximate surface area is 85.5 Å². The molecule has 0 spiro atoms. The zero-order valence-corrected chi connectivity index (χ0v) is 9.43. The molecule has 1 rings (SSSR count). The van der Waals surface area contributed by atoms with E-state index >= 15 is 0 Å². The van der Waals surface area contributed by atoms with Crippen LogP contribution in [0.25, 0.3) is 0 Å². The Hall–Kier alpha value is 0.430. The van der Waals surface area contributed by atoms with Crippen LogP contribution in [0.15, 0.2) is 15.9 Å². The first-order chi connectivity index (χ1) is 4.74. The van der Waals surface area contributed by atoms with Gasteiger partial charge >= 0.3 is 0 Å². The first-order valence-electron chi connectivity index (χ1n) is 3.23. The van der Waals surface area contributed by atoms with Crippen molar-refractivity contribution in [1.82, 2.24) is 0 Å². The van der Waals surface area contributed by atoms with Crippen LogP contribution in [-0.4, -0.2) is 0 Å². The monoisotopic (exact) mass is 255 g/mol. The molecule has 11 heavy (non-hydrogen) atoms. The van der Waals surface area contributed by atoms with E-state index in [0.717, 1.165) is 10.9 Å². The molecule has 0 aromatic carbocycles. The summed E-state index contributed by atoms with van der Waals surface area (Å²) in [5.41, 5.74) is 5.80.